The fourth-order valence-corrected chi connectivity index (χ4v) is 3.79. The minimum absolute atomic E-state index is 0.0355. The van der Waals surface area contributed by atoms with Crippen LogP contribution in [-0.2, 0) is 13.1 Å². The van der Waals surface area contributed by atoms with Crippen molar-refractivity contribution in [1.82, 2.24) is 15.2 Å². The van der Waals surface area contributed by atoms with Gasteiger partial charge in [0.05, 0.1) is 31.3 Å². The van der Waals surface area contributed by atoms with Gasteiger partial charge in [-0.25, -0.2) is 4.98 Å². The van der Waals surface area contributed by atoms with Crippen LogP contribution in [0.2, 0.25) is 0 Å². The molecule has 1 unspecified atom stereocenters. The number of alkyl halides is 3. The summed E-state index contributed by atoms with van der Waals surface area (Å²) in [5.74, 6) is 0.322. The third-order valence-electron chi connectivity index (χ3n) is 5.09. The van der Waals surface area contributed by atoms with Crippen LogP contribution >= 0.6 is 0 Å². The Morgan fingerprint density at radius 1 is 1.38 bits per heavy atom. The zero-order chi connectivity index (χ0) is 18.9. The van der Waals surface area contributed by atoms with E-state index in [0.717, 1.165) is 25.7 Å². The van der Waals surface area contributed by atoms with E-state index in [1.807, 2.05) is 4.90 Å². The number of amides is 1. The van der Waals surface area contributed by atoms with E-state index >= 15 is 0 Å². The van der Waals surface area contributed by atoms with Crippen LogP contribution in [0.4, 0.5) is 13.2 Å². The largest absolute Gasteiger partial charge is 0.481 e. The molecule has 1 atom stereocenters. The van der Waals surface area contributed by atoms with Gasteiger partial charge in [0.2, 0.25) is 5.88 Å². The molecule has 1 amide bonds. The predicted octanol–water partition coefficient (Wildman–Crippen LogP) is 3.42. The van der Waals surface area contributed by atoms with Crippen LogP contribution in [0.25, 0.3) is 0 Å². The molecule has 0 radical (unpaired) electrons. The minimum Gasteiger partial charge on any atom is -0.481 e. The van der Waals surface area contributed by atoms with Crippen molar-refractivity contribution >= 4 is 5.91 Å². The van der Waals surface area contributed by atoms with Gasteiger partial charge in [-0.1, -0.05) is 12.8 Å². The van der Waals surface area contributed by atoms with Crippen LogP contribution in [0.1, 0.15) is 60.6 Å². The number of carbonyl (C=O) groups is 1. The van der Waals surface area contributed by atoms with Crippen molar-refractivity contribution in [2.75, 3.05) is 7.11 Å². The first-order valence-electron chi connectivity index (χ1n) is 8.96. The zero-order valence-corrected chi connectivity index (χ0v) is 15.0. The third-order valence-corrected chi connectivity index (χ3v) is 5.09. The number of fused-ring (bicyclic) bond motifs is 1. The highest BCUT2D eigenvalue weighted by atomic mass is 19.4. The molecule has 144 valence electrons. The number of carbonyl (C=O) groups excluding carboxylic acids is 1. The Kier molecular flexibility index (Phi) is 5.41. The third kappa shape index (κ3) is 4.11. The van der Waals surface area contributed by atoms with Crippen molar-refractivity contribution in [1.29, 1.82) is 0 Å². The second-order valence-electron chi connectivity index (χ2n) is 7.12. The van der Waals surface area contributed by atoms with E-state index in [2.05, 4.69) is 10.3 Å². The molecule has 3 rings (SSSR count). The molecular formula is C18H24F3N3O2. The first-order valence-corrected chi connectivity index (χ1v) is 8.96. The molecule has 1 saturated carbocycles. The topological polar surface area (TPSA) is 54.5 Å². The Morgan fingerprint density at radius 2 is 2.08 bits per heavy atom. The molecule has 5 nitrogen and oxygen atoms in total. The summed E-state index contributed by atoms with van der Waals surface area (Å²) in [7, 11) is 1.48. The monoisotopic (exact) mass is 371 g/mol. The van der Waals surface area contributed by atoms with Crippen molar-refractivity contribution in [3.05, 3.63) is 22.9 Å². The normalized spacial score (nSPS) is 19.1. The number of hydrogen-bond acceptors (Lipinski definition) is 4. The lowest BCUT2D eigenvalue weighted by molar-refractivity contribution is -0.139. The van der Waals surface area contributed by atoms with Gasteiger partial charge in [-0.05, 0) is 25.8 Å². The Bertz CT molecular complexity index is 672. The summed E-state index contributed by atoms with van der Waals surface area (Å²) in [5, 5.41) is 2.84. The average Bonchev–Trinajstić information content (AvgIpc) is 3.19. The molecule has 1 fully saturated rings. The summed E-state index contributed by atoms with van der Waals surface area (Å²) in [4.78, 5) is 19.1. The number of ether oxygens (including phenoxy) is 1. The molecule has 0 spiro atoms. The van der Waals surface area contributed by atoms with Gasteiger partial charge in [0.1, 0.15) is 0 Å². The van der Waals surface area contributed by atoms with Crippen molar-refractivity contribution in [2.45, 2.75) is 70.4 Å². The lowest BCUT2D eigenvalue weighted by Crippen LogP contribution is -2.33. The molecule has 1 aromatic rings. The van der Waals surface area contributed by atoms with Crippen LogP contribution in [0.5, 0.6) is 5.88 Å². The van der Waals surface area contributed by atoms with Gasteiger partial charge in [0.25, 0.3) is 5.91 Å². The van der Waals surface area contributed by atoms with Gasteiger partial charge < -0.3 is 15.0 Å². The fourth-order valence-electron chi connectivity index (χ4n) is 3.79. The molecule has 1 aliphatic carbocycles. The molecule has 0 saturated heterocycles. The first kappa shape index (κ1) is 18.9. The van der Waals surface area contributed by atoms with Gasteiger partial charge in [-0.3, -0.25) is 4.79 Å². The van der Waals surface area contributed by atoms with E-state index in [1.54, 1.807) is 6.07 Å². The van der Waals surface area contributed by atoms with Gasteiger partial charge in [-0.15, -0.1) is 0 Å². The minimum atomic E-state index is -4.22. The second-order valence-corrected chi connectivity index (χ2v) is 7.12. The van der Waals surface area contributed by atoms with Gasteiger partial charge >= 0.3 is 6.18 Å². The number of nitrogens with one attached hydrogen (secondary N) is 1. The molecule has 2 aliphatic rings. The molecule has 0 bridgehead atoms. The molecule has 8 heteroatoms. The van der Waals surface area contributed by atoms with Crippen molar-refractivity contribution in [2.24, 2.45) is 0 Å². The van der Waals surface area contributed by atoms with Crippen LogP contribution in [0, 0.1) is 0 Å². The Morgan fingerprint density at radius 3 is 2.69 bits per heavy atom. The maximum Gasteiger partial charge on any atom is 0.390 e. The summed E-state index contributed by atoms with van der Waals surface area (Å²) in [6, 6.07) is 1.24. The molecule has 1 aromatic heterocycles. The van der Waals surface area contributed by atoms with Crippen LogP contribution < -0.4 is 10.1 Å². The number of nitrogens with zero attached hydrogens (tertiary/aromatic N) is 2. The Balaban J connectivity index is 1.74. The standard InChI is InChI=1S/C18H24F3N3O2/c1-11(8-18(19,20)21)22-9-12-7-14-15(23-16(12)26-2)10-24(17(14)25)13-5-3-4-6-13/h7,11,13,22H,3-6,8-10H2,1-2H3. The quantitative estimate of drug-likeness (QED) is 0.833. The first-order chi connectivity index (χ1) is 12.3. The van der Waals surface area contributed by atoms with Crippen LogP contribution in [0.3, 0.4) is 0 Å². The van der Waals surface area contributed by atoms with E-state index in [0.29, 0.717) is 29.2 Å². The lowest BCUT2D eigenvalue weighted by atomic mass is 10.1. The predicted molar refractivity (Wildman–Crippen MR) is 89.9 cm³/mol. The lowest BCUT2D eigenvalue weighted by Gasteiger charge is -2.22. The molecule has 1 N–H and O–H groups in total. The SMILES string of the molecule is COc1nc2c(cc1CNC(C)CC(F)(F)F)C(=O)N(C1CCCC1)C2. The van der Waals surface area contributed by atoms with Gasteiger partial charge in [0, 0.05) is 24.2 Å². The van der Waals surface area contributed by atoms with Crippen LogP contribution in [0.15, 0.2) is 6.07 Å². The van der Waals surface area contributed by atoms with E-state index < -0.39 is 18.6 Å². The molecular weight excluding hydrogens is 347 g/mol. The zero-order valence-electron chi connectivity index (χ0n) is 15.0. The van der Waals surface area contributed by atoms with E-state index in [1.165, 1.54) is 14.0 Å². The highest BCUT2D eigenvalue weighted by molar-refractivity contribution is 5.98. The van der Waals surface area contributed by atoms with Crippen molar-refractivity contribution < 1.29 is 22.7 Å². The number of halogens is 3. The van der Waals surface area contributed by atoms with Crippen LogP contribution in [-0.4, -0.2) is 41.2 Å². The molecule has 0 aromatic carbocycles. The van der Waals surface area contributed by atoms with Crippen molar-refractivity contribution in [3.8, 4) is 5.88 Å². The second kappa shape index (κ2) is 7.42. The van der Waals surface area contributed by atoms with Gasteiger partial charge in [0.15, 0.2) is 0 Å². The molecule has 1 aliphatic heterocycles. The fraction of sp³-hybridized carbons (Fsp3) is 0.667. The highest BCUT2D eigenvalue weighted by Gasteiger charge is 2.36. The molecule has 26 heavy (non-hydrogen) atoms. The number of aromatic nitrogens is 1. The van der Waals surface area contributed by atoms with E-state index in [-0.39, 0.29) is 18.5 Å². The maximum atomic E-state index is 12.7. The average molecular weight is 371 g/mol. The van der Waals surface area contributed by atoms with Gasteiger partial charge in [-0.2, -0.15) is 13.2 Å². The van der Waals surface area contributed by atoms with Crippen molar-refractivity contribution in [3.63, 3.8) is 0 Å². The summed E-state index contributed by atoms with van der Waals surface area (Å²) in [6.07, 6.45) is -0.839. The Hall–Kier alpha value is -1.83. The summed E-state index contributed by atoms with van der Waals surface area (Å²) in [5.41, 5.74) is 1.82. The molecule has 2 heterocycles. The summed E-state index contributed by atoms with van der Waals surface area (Å²) < 4.78 is 42.7. The number of rotatable bonds is 6. The number of pyridine rings is 1. The maximum absolute atomic E-state index is 12.7. The van der Waals surface area contributed by atoms with E-state index in [9.17, 15) is 18.0 Å². The number of methoxy groups -OCH3 is 1. The number of hydrogen-bond donors (Lipinski definition) is 1. The Labute approximate surface area is 150 Å². The van der Waals surface area contributed by atoms with E-state index in [4.69, 9.17) is 4.74 Å². The summed E-state index contributed by atoms with van der Waals surface area (Å²) in [6.45, 7) is 2.12. The smallest absolute Gasteiger partial charge is 0.390 e. The summed E-state index contributed by atoms with van der Waals surface area (Å²) >= 11 is 0. The highest BCUT2D eigenvalue weighted by Crippen LogP contribution is 2.33.